The van der Waals surface area contributed by atoms with Crippen molar-refractivity contribution in [3.63, 3.8) is 0 Å². The Labute approximate surface area is 70.6 Å². The zero-order chi connectivity index (χ0) is 8.97. The molecule has 1 atom stereocenters. The first-order valence-corrected chi connectivity index (χ1v) is 3.66. The van der Waals surface area contributed by atoms with E-state index in [9.17, 15) is 4.79 Å². The first-order valence-electron chi connectivity index (χ1n) is 3.66. The van der Waals surface area contributed by atoms with E-state index < -0.39 is 0 Å². The number of primary amides is 1. The molecule has 0 saturated carbocycles. The van der Waals surface area contributed by atoms with Gasteiger partial charge in [-0.2, -0.15) is 0 Å². The number of likely N-dealkylation sites (N-methyl/N-ethyl adjacent to an activating group) is 1. The lowest BCUT2D eigenvalue weighted by Gasteiger charge is -2.11. The van der Waals surface area contributed by atoms with Crippen LogP contribution in [0.1, 0.15) is 0 Å². The van der Waals surface area contributed by atoms with Gasteiger partial charge in [-0.25, -0.2) is 4.98 Å². The molecule has 5 heteroatoms. The molecule has 66 valence electrons. The molecule has 1 unspecified atom stereocenters. The highest BCUT2D eigenvalue weighted by Crippen LogP contribution is 1.90. The lowest BCUT2D eigenvalue weighted by atomic mass is 10.3. The third kappa shape index (κ3) is 2.06. The van der Waals surface area contributed by atoms with Crippen LogP contribution in [0.3, 0.4) is 0 Å². The zero-order valence-electron chi connectivity index (χ0n) is 6.90. The average molecular weight is 168 g/mol. The second-order valence-electron chi connectivity index (χ2n) is 2.50. The van der Waals surface area contributed by atoms with Crippen molar-refractivity contribution in [1.29, 1.82) is 0 Å². The van der Waals surface area contributed by atoms with Gasteiger partial charge in [0.15, 0.2) is 0 Å². The van der Waals surface area contributed by atoms with Crippen molar-refractivity contribution >= 4 is 5.91 Å². The summed E-state index contributed by atoms with van der Waals surface area (Å²) < 4.78 is 1.80. The maximum Gasteiger partial charge on any atom is 0.236 e. The largest absolute Gasteiger partial charge is 0.368 e. The highest BCUT2D eigenvalue weighted by molar-refractivity contribution is 5.79. The van der Waals surface area contributed by atoms with Crippen molar-refractivity contribution in [2.75, 3.05) is 7.05 Å². The Bertz CT molecular complexity index is 244. The Morgan fingerprint density at radius 1 is 1.83 bits per heavy atom. The van der Waals surface area contributed by atoms with Gasteiger partial charge in [0.1, 0.15) is 6.04 Å². The number of amides is 1. The molecule has 1 aromatic rings. The number of nitrogens with one attached hydrogen (secondary N) is 1. The smallest absolute Gasteiger partial charge is 0.236 e. The Morgan fingerprint density at radius 3 is 3.00 bits per heavy atom. The van der Waals surface area contributed by atoms with Gasteiger partial charge in [-0.05, 0) is 7.05 Å². The summed E-state index contributed by atoms with van der Waals surface area (Å²) in [5.41, 5.74) is 5.13. The molecular weight excluding hydrogens is 156 g/mol. The molecule has 0 spiro atoms. The highest BCUT2D eigenvalue weighted by atomic mass is 16.1. The molecule has 0 aliphatic carbocycles. The summed E-state index contributed by atoms with van der Waals surface area (Å²) in [5.74, 6) is -0.355. The van der Waals surface area contributed by atoms with Crippen LogP contribution < -0.4 is 11.1 Å². The molecule has 0 aliphatic rings. The third-order valence-electron chi connectivity index (χ3n) is 1.64. The van der Waals surface area contributed by atoms with E-state index in [1.165, 1.54) is 0 Å². The Balaban J connectivity index is 2.54. The van der Waals surface area contributed by atoms with E-state index in [4.69, 9.17) is 5.73 Å². The van der Waals surface area contributed by atoms with E-state index in [2.05, 4.69) is 10.3 Å². The normalized spacial score (nSPS) is 12.8. The topological polar surface area (TPSA) is 72.9 Å². The molecule has 0 fully saturated rings. The first-order chi connectivity index (χ1) is 5.74. The van der Waals surface area contributed by atoms with Gasteiger partial charge in [0.2, 0.25) is 5.91 Å². The number of aromatic nitrogens is 2. The van der Waals surface area contributed by atoms with E-state index in [0.29, 0.717) is 6.54 Å². The molecule has 1 heterocycles. The van der Waals surface area contributed by atoms with Crippen LogP contribution in [0.25, 0.3) is 0 Å². The summed E-state index contributed by atoms with van der Waals surface area (Å²) >= 11 is 0. The maximum atomic E-state index is 10.8. The number of nitrogens with two attached hydrogens (primary N) is 1. The van der Waals surface area contributed by atoms with Gasteiger partial charge in [-0.1, -0.05) is 0 Å². The van der Waals surface area contributed by atoms with Crippen LogP contribution in [-0.2, 0) is 11.3 Å². The number of rotatable bonds is 4. The van der Waals surface area contributed by atoms with Crippen LogP contribution >= 0.6 is 0 Å². The highest BCUT2D eigenvalue weighted by Gasteiger charge is 2.11. The van der Waals surface area contributed by atoms with Gasteiger partial charge < -0.3 is 15.6 Å². The summed E-state index contributed by atoms with van der Waals surface area (Å²) in [7, 11) is 1.70. The molecular formula is C7H12N4O. The minimum absolute atomic E-state index is 0.334. The van der Waals surface area contributed by atoms with Crippen LogP contribution in [-0.4, -0.2) is 28.5 Å². The van der Waals surface area contributed by atoms with Crippen molar-refractivity contribution in [3.05, 3.63) is 18.7 Å². The van der Waals surface area contributed by atoms with Gasteiger partial charge in [-0.15, -0.1) is 0 Å². The summed E-state index contributed by atoms with van der Waals surface area (Å²) in [6.45, 7) is 0.520. The number of nitrogens with zero attached hydrogens (tertiary/aromatic N) is 2. The van der Waals surface area contributed by atoms with Gasteiger partial charge in [-0.3, -0.25) is 4.79 Å². The maximum absolute atomic E-state index is 10.8. The molecule has 1 rings (SSSR count). The third-order valence-corrected chi connectivity index (χ3v) is 1.64. The van der Waals surface area contributed by atoms with Crippen molar-refractivity contribution in [2.45, 2.75) is 12.6 Å². The van der Waals surface area contributed by atoms with E-state index >= 15 is 0 Å². The molecule has 0 bridgehead atoms. The molecule has 12 heavy (non-hydrogen) atoms. The number of carbonyl (C=O) groups is 1. The van der Waals surface area contributed by atoms with Gasteiger partial charge in [0.05, 0.1) is 6.33 Å². The van der Waals surface area contributed by atoms with Crippen LogP contribution in [0.4, 0.5) is 0 Å². The van der Waals surface area contributed by atoms with Crippen molar-refractivity contribution < 1.29 is 4.79 Å². The number of imidazole rings is 1. The van der Waals surface area contributed by atoms with Gasteiger partial charge in [0, 0.05) is 18.9 Å². The fourth-order valence-electron chi connectivity index (χ4n) is 0.929. The van der Waals surface area contributed by atoms with Crippen LogP contribution in [0.5, 0.6) is 0 Å². The number of hydrogen-bond acceptors (Lipinski definition) is 3. The van der Waals surface area contributed by atoms with E-state index in [0.717, 1.165) is 0 Å². The van der Waals surface area contributed by atoms with Crippen LogP contribution in [0.2, 0.25) is 0 Å². The van der Waals surface area contributed by atoms with Gasteiger partial charge in [0.25, 0.3) is 0 Å². The average Bonchev–Trinajstić information content (AvgIpc) is 2.51. The summed E-state index contributed by atoms with van der Waals surface area (Å²) in [5, 5.41) is 2.82. The fourth-order valence-corrected chi connectivity index (χ4v) is 0.929. The van der Waals surface area contributed by atoms with E-state index in [1.54, 1.807) is 30.3 Å². The van der Waals surface area contributed by atoms with Crippen molar-refractivity contribution in [3.8, 4) is 0 Å². The molecule has 0 aliphatic heterocycles. The summed E-state index contributed by atoms with van der Waals surface area (Å²) in [4.78, 5) is 14.6. The molecule has 1 aromatic heterocycles. The predicted molar refractivity (Wildman–Crippen MR) is 44.3 cm³/mol. The van der Waals surface area contributed by atoms with Gasteiger partial charge >= 0.3 is 0 Å². The lowest BCUT2D eigenvalue weighted by molar-refractivity contribution is -0.120. The standard InChI is InChI=1S/C7H12N4O/c1-9-6(7(8)12)4-11-3-2-10-5-11/h2-3,5-6,9H,4H2,1H3,(H2,8,12). The Morgan fingerprint density at radius 2 is 2.58 bits per heavy atom. The molecule has 0 saturated heterocycles. The SMILES string of the molecule is CNC(Cn1ccnc1)C(N)=O. The van der Waals surface area contributed by atoms with Crippen LogP contribution in [0, 0.1) is 0 Å². The lowest BCUT2D eigenvalue weighted by Crippen LogP contribution is -2.42. The van der Waals surface area contributed by atoms with E-state index in [1.807, 2.05) is 0 Å². The Kier molecular flexibility index (Phi) is 2.82. The quantitative estimate of drug-likeness (QED) is 0.603. The minimum atomic E-state index is -0.355. The fraction of sp³-hybridized carbons (Fsp3) is 0.429. The van der Waals surface area contributed by atoms with Crippen molar-refractivity contribution in [1.82, 2.24) is 14.9 Å². The second-order valence-corrected chi connectivity index (χ2v) is 2.50. The van der Waals surface area contributed by atoms with Crippen molar-refractivity contribution in [2.24, 2.45) is 5.73 Å². The van der Waals surface area contributed by atoms with E-state index in [-0.39, 0.29) is 11.9 Å². The number of hydrogen-bond donors (Lipinski definition) is 2. The molecule has 1 amide bonds. The molecule has 0 aromatic carbocycles. The minimum Gasteiger partial charge on any atom is -0.368 e. The predicted octanol–water partition coefficient (Wildman–Crippen LogP) is -1.04. The monoisotopic (exact) mass is 168 g/mol. The zero-order valence-corrected chi connectivity index (χ0v) is 6.90. The van der Waals surface area contributed by atoms with Crippen LogP contribution in [0.15, 0.2) is 18.7 Å². The Hall–Kier alpha value is -1.36. The molecule has 0 radical (unpaired) electrons. The number of carbonyl (C=O) groups excluding carboxylic acids is 1. The molecule has 5 nitrogen and oxygen atoms in total. The summed E-state index contributed by atoms with van der Waals surface area (Å²) in [6.07, 6.45) is 5.09. The molecule has 3 N–H and O–H groups in total. The summed E-state index contributed by atoms with van der Waals surface area (Å²) in [6, 6.07) is -0.334. The first kappa shape index (κ1) is 8.73. The second kappa shape index (κ2) is 3.87.